The normalized spacial score (nSPS) is 11.9. The molecule has 33 heavy (non-hydrogen) atoms. The third kappa shape index (κ3) is 6.63. The number of carboxylic acids is 1. The number of hydrogen-bond donors (Lipinski definition) is 2. The number of carboxylic acid groups (broad SMARTS) is 1. The van der Waals surface area contributed by atoms with Gasteiger partial charge in [0.05, 0.1) is 19.6 Å². The molecule has 9 nitrogen and oxygen atoms in total. The number of hydrogen-bond acceptors (Lipinski definition) is 7. The van der Waals surface area contributed by atoms with Crippen molar-refractivity contribution in [3.8, 4) is 11.1 Å². The van der Waals surface area contributed by atoms with Crippen LogP contribution >= 0.6 is 0 Å². The summed E-state index contributed by atoms with van der Waals surface area (Å²) >= 11 is 0. The number of alkyl carbamates (subject to hydrolysis) is 1. The van der Waals surface area contributed by atoms with Gasteiger partial charge in [-0.1, -0.05) is 48.5 Å². The lowest BCUT2D eigenvalue weighted by Crippen LogP contribution is -2.29. The van der Waals surface area contributed by atoms with Gasteiger partial charge in [0.15, 0.2) is 0 Å². The fourth-order valence-corrected chi connectivity index (χ4v) is 3.59. The zero-order valence-electron chi connectivity index (χ0n) is 18.0. The molecule has 2 aromatic carbocycles. The van der Waals surface area contributed by atoms with Crippen LogP contribution in [0.1, 0.15) is 29.9 Å². The molecule has 1 aliphatic rings. The molecule has 0 bridgehead atoms. The summed E-state index contributed by atoms with van der Waals surface area (Å²) in [6, 6.07) is 16.2. The van der Waals surface area contributed by atoms with Gasteiger partial charge >= 0.3 is 18.0 Å². The maximum Gasteiger partial charge on any atom is 0.407 e. The van der Waals surface area contributed by atoms with Gasteiger partial charge in [-0.25, -0.2) is 9.59 Å². The average Bonchev–Trinajstić information content (AvgIpc) is 3.14. The molecule has 0 saturated heterocycles. The SMILES string of the molecule is O=C(CCC(=O)C(=O)O)OCCOCCNC(=O)OCC1c2ccccc2-c2ccccc21. The lowest BCUT2D eigenvalue weighted by molar-refractivity contribution is -0.151. The van der Waals surface area contributed by atoms with Crippen LogP contribution in [0.2, 0.25) is 0 Å². The molecule has 0 aliphatic heterocycles. The maximum absolute atomic E-state index is 12.0. The number of fused-ring (bicyclic) bond motifs is 3. The first-order valence-corrected chi connectivity index (χ1v) is 10.6. The third-order valence-corrected chi connectivity index (χ3v) is 5.14. The van der Waals surface area contributed by atoms with Gasteiger partial charge in [-0.15, -0.1) is 0 Å². The van der Waals surface area contributed by atoms with E-state index in [4.69, 9.17) is 19.3 Å². The van der Waals surface area contributed by atoms with E-state index in [9.17, 15) is 19.2 Å². The lowest BCUT2D eigenvalue weighted by Gasteiger charge is -2.14. The van der Waals surface area contributed by atoms with Crippen molar-refractivity contribution in [3.05, 3.63) is 59.7 Å². The number of ketones is 1. The second-order valence-electron chi connectivity index (χ2n) is 7.31. The Labute approximate surface area is 190 Å². The fraction of sp³-hybridized carbons (Fsp3) is 0.333. The highest BCUT2D eigenvalue weighted by molar-refractivity contribution is 6.32. The summed E-state index contributed by atoms with van der Waals surface area (Å²) in [5.41, 5.74) is 4.59. The molecule has 9 heteroatoms. The largest absolute Gasteiger partial charge is 0.476 e. The highest BCUT2D eigenvalue weighted by Crippen LogP contribution is 2.44. The number of benzene rings is 2. The summed E-state index contributed by atoms with van der Waals surface area (Å²) < 4.78 is 15.5. The number of Topliss-reactive ketones (excluding diaryl/α,β-unsaturated/α-hetero) is 1. The minimum atomic E-state index is -1.57. The van der Waals surface area contributed by atoms with Gasteiger partial charge in [-0.3, -0.25) is 9.59 Å². The van der Waals surface area contributed by atoms with E-state index in [0.29, 0.717) is 0 Å². The van der Waals surface area contributed by atoms with E-state index < -0.39 is 30.2 Å². The molecule has 0 fully saturated rings. The monoisotopic (exact) mass is 455 g/mol. The van der Waals surface area contributed by atoms with Crippen LogP contribution in [0.4, 0.5) is 4.79 Å². The molecule has 2 aromatic rings. The summed E-state index contributed by atoms with van der Waals surface area (Å²) in [5, 5.41) is 11.0. The summed E-state index contributed by atoms with van der Waals surface area (Å²) in [6.07, 6.45) is -1.25. The van der Waals surface area contributed by atoms with Crippen molar-refractivity contribution in [2.75, 3.05) is 33.0 Å². The summed E-state index contributed by atoms with van der Waals surface area (Å²) in [6.45, 7) is 0.702. The van der Waals surface area contributed by atoms with Crippen molar-refractivity contribution in [1.82, 2.24) is 5.32 Å². The van der Waals surface area contributed by atoms with E-state index in [1.807, 2.05) is 36.4 Å². The Morgan fingerprint density at radius 2 is 1.45 bits per heavy atom. The van der Waals surface area contributed by atoms with Gasteiger partial charge in [0, 0.05) is 18.9 Å². The molecule has 0 aromatic heterocycles. The Hall–Kier alpha value is -3.72. The van der Waals surface area contributed by atoms with Crippen molar-refractivity contribution < 1.29 is 38.5 Å². The van der Waals surface area contributed by atoms with Crippen molar-refractivity contribution in [1.29, 1.82) is 0 Å². The van der Waals surface area contributed by atoms with Gasteiger partial charge < -0.3 is 24.6 Å². The van der Waals surface area contributed by atoms with Gasteiger partial charge in [-0.2, -0.15) is 0 Å². The van der Waals surface area contributed by atoms with Crippen LogP contribution in [0, 0.1) is 0 Å². The predicted octanol–water partition coefficient (Wildman–Crippen LogP) is 2.52. The second-order valence-corrected chi connectivity index (χ2v) is 7.31. The zero-order valence-corrected chi connectivity index (χ0v) is 18.0. The van der Waals surface area contributed by atoms with Crippen LogP contribution in [-0.2, 0) is 28.6 Å². The fourth-order valence-electron chi connectivity index (χ4n) is 3.59. The lowest BCUT2D eigenvalue weighted by atomic mass is 9.98. The number of amides is 1. The van der Waals surface area contributed by atoms with Crippen molar-refractivity contribution >= 4 is 23.8 Å². The molecule has 0 spiro atoms. The van der Waals surface area contributed by atoms with Gasteiger partial charge in [0.1, 0.15) is 13.2 Å². The molecule has 2 N–H and O–H groups in total. The van der Waals surface area contributed by atoms with Gasteiger partial charge in [-0.05, 0) is 22.3 Å². The van der Waals surface area contributed by atoms with Crippen LogP contribution in [0.3, 0.4) is 0 Å². The molecule has 0 unspecified atom stereocenters. The molecule has 3 rings (SSSR count). The van der Waals surface area contributed by atoms with E-state index in [0.717, 1.165) is 22.3 Å². The molecule has 0 heterocycles. The van der Waals surface area contributed by atoms with E-state index in [1.54, 1.807) is 0 Å². The summed E-state index contributed by atoms with van der Waals surface area (Å²) in [4.78, 5) is 44.7. The van der Waals surface area contributed by atoms with Gasteiger partial charge in [0.2, 0.25) is 5.78 Å². The van der Waals surface area contributed by atoms with Crippen molar-refractivity contribution in [3.63, 3.8) is 0 Å². The second kappa shape index (κ2) is 11.8. The minimum absolute atomic E-state index is 0.0140. The Morgan fingerprint density at radius 3 is 2.09 bits per heavy atom. The first kappa shape index (κ1) is 23.9. The van der Waals surface area contributed by atoms with Crippen LogP contribution in [0.25, 0.3) is 11.1 Å². The minimum Gasteiger partial charge on any atom is -0.476 e. The Balaban J connectivity index is 1.29. The third-order valence-electron chi connectivity index (χ3n) is 5.14. The van der Waals surface area contributed by atoms with E-state index in [1.165, 1.54) is 0 Å². The molecule has 1 aliphatic carbocycles. The van der Waals surface area contributed by atoms with E-state index in [2.05, 4.69) is 17.4 Å². The Morgan fingerprint density at radius 1 is 0.818 bits per heavy atom. The molecule has 0 atom stereocenters. The number of carbonyl (C=O) groups is 4. The Bertz CT molecular complexity index is 974. The van der Waals surface area contributed by atoms with Crippen LogP contribution in [-0.4, -0.2) is 61.9 Å². The predicted molar refractivity (Wildman–Crippen MR) is 117 cm³/mol. The highest BCUT2D eigenvalue weighted by Gasteiger charge is 2.28. The standard InChI is InChI=1S/C24H25NO8/c26-21(23(28)29)9-10-22(27)32-14-13-31-12-11-25-24(30)33-15-20-18-7-3-1-5-16(18)17-6-2-4-8-19(17)20/h1-8,20H,9-15H2,(H,25,30)(H,28,29). The van der Waals surface area contributed by atoms with Crippen molar-refractivity contribution in [2.45, 2.75) is 18.8 Å². The van der Waals surface area contributed by atoms with E-state index in [-0.39, 0.29) is 45.3 Å². The van der Waals surface area contributed by atoms with Gasteiger partial charge in [0.25, 0.3) is 0 Å². The molecular weight excluding hydrogens is 430 g/mol. The van der Waals surface area contributed by atoms with Crippen LogP contribution in [0.5, 0.6) is 0 Å². The molecule has 0 saturated carbocycles. The molecule has 0 radical (unpaired) electrons. The highest BCUT2D eigenvalue weighted by atomic mass is 16.6. The van der Waals surface area contributed by atoms with E-state index >= 15 is 0 Å². The first-order chi connectivity index (χ1) is 16.0. The number of ether oxygens (including phenoxy) is 3. The smallest absolute Gasteiger partial charge is 0.407 e. The number of rotatable bonds is 12. The summed E-state index contributed by atoms with van der Waals surface area (Å²) in [5.74, 6) is -3.30. The van der Waals surface area contributed by atoms with Crippen LogP contribution < -0.4 is 5.32 Å². The van der Waals surface area contributed by atoms with Crippen molar-refractivity contribution in [2.24, 2.45) is 0 Å². The number of esters is 1. The molecule has 1 amide bonds. The number of carbonyl (C=O) groups excluding carboxylic acids is 3. The summed E-state index contributed by atoms with van der Waals surface area (Å²) in [7, 11) is 0. The van der Waals surface area contributed by atoms with Crippen LogP contribution in [0.15, 0.2) is 48.5 Å². The first-order valence-electron chi connectivity index (χ1n) is 10.6. The topological polar surface area (TPSA) is 128 Å². The number of nitrogens with one attached hydrogen (secondary N) is 1. The average molecular weight is 455 g/mol. The molecular formula is C24H25NO8. The zero-order chi connectivity index (χ0) is 23.6. The maximum atomic E-state index is 12.0. The Kier molecular flexibility index (Phi) is 8.54. The number of aliphatic carboxylic acids is 1. The molecule has 174 valence electrons. The quantitative estimate of drug-likeness (QED) is 0.284.